The van der Waals surface area contributed by atoms with Crippen LogP contribution in [0.2, 0.25) is 0 Å². The van der Waals surface area contributed by atoms with Crippen LogP contribution in [0.4, 0.5) is 5.69 Å². The number of nitrogens with two attached hydrogens (primary N) is 1. The quantitative estimate of drug-likeness (QED) is 0.0749. The molecular weight excluding hydrogens is 770 g/mol. The molecule has 2 aromatic carbocycles. The number of aromatic amines is 1. The van der Waals surface area contributed by atoms with Crippen molar-refractivity contribution < 1.29 is 48.6 Å². The first-order valence-corrected chi connectivity index (χ1v) is 18.9. The van der Waals surface area contributed by atoms with Crippen LogP contribution in [0, 0.1) is 11.8 Å². The molecule has 1 aliphatic rings. The highest BCUT2D eigenvalue weighted by molar-refractivity contribution is 6.02. The summed E-state index contributed by atoms with van der Waals surface area (Å²) >= 11 is 0. The molecule has 1 aliphatic heterocycles. The number of hydrogen-bond donors (Lipinski definition) is 9. The highest BCUT2D eigenvalue weighted by atomic mass is 16.4. The molecule has 6 amide bonds. The molecule has 4 rings (SSSR count). The highest BCUT2D eigenvalue weighted by Crippen LogP contribution is 2.23. The van der Waals surface area contributed by atoms with E-state index in [0.29, 0.717) is 12.0 Å². The molecule has 5 atom stereocenters. The van der Waals surface area contributed by atoms with Gasteiger partial charge in [0.05, 0.1) is 11.1 Å². The molecule has 0 saturated carbocycles. The van der Waals surface area contributed by atoms with Crippen molar-refractivity contribution in [3.63, 3.8) is 0 Å². The number of amides is 6. The van der Waals surface area contributed by atoms with Gasteiger partial charge in [-0.05, 0) is 60.1 Å². The van der Waals surface area contributed by atoms with Crippen LogP contribution in [0.5, 0.6) is 0 Å². The summed E-state index contributed by atoms with van der Waals surface area (Å²) in [6.45, 7) is 6.86. The van der Waals surface area contributed by atoms with Crippen molar-refractivity contribution in [3.8, 4) is 0 Å². The zero-order chi connectivity index (χ0) is 43.4. The third kappa shape index (κ3) is 12.6. The van der Waals surface area contributed by atoms with E-state index in [1.165, 1.54) is 4.90 Å². The Kier molecular flexibility index (Phi) is 15.7. The number of carboxylic acid groups (broad SMARTS) is 2. The van der Waals surface area contributed by atoms with Crippen LogP contribution >= 0.6 is 0 Å². The van der Waals surface area contributed by atoms with Gasteiger partial charge in [0.15, 0.2) is 0 Å². The van der Waals surface area contributed by atoms with Crippen molar-refractivity contribution in [2.45, 2.75) is 83.6 Å². The summed E-state index contributed by atoms with van der Waals surface area (Å²) in [4.78, 5) is 106. The third-order valence-electron chi connectivity index (χ3n) is 9.38. The number of H-pyrrole nitrogens is 1. The molecule has 1 fully saturated rings. The molecule has 0 spiro atoms. The Hall–Kier alpha value is -6.77. The molecule has 10 N–H and O–H groups in total. The lowest BCUT2D eigenvalue weighted by Crippen LogP contribution is -2.60. The zero-order valence-corrected chi connectivity index (χ0v) is 32.9. The minimum absolute atomic E-state index is 0.0209. The number of likely N-dealkylation sites (tertiary alicyclic amines) is 1. The summed E-state index contributed by atoms with van der Waals surface area (Å²) in [7, 11) is 0. The van der Waals surface area contributed by atoms with E-state index in [2.05, 4.69) is 47.2 Å². The number of carbonyl (C=O) groups is 8. The van der Waals surface area contributed by atoms with Crippen molar-refractivity contribution in [3.05, 3.63) is 71.0 Å². The maximum atomic E-state index is 14.3. The Morgan fingerprint density at radius 1 is 0.864 bits per heavy atom. The normalized spacial score (nSPS) is 15.7. The van der Waals surface area contributed by atoms with E-state index in [9.17, 15) is 48.6 Å². The first kappa shape index (κ1) is 44.9. The van der Waals surface area contributed by atoms with Crippen molar-refractivity contribution in [1.29, 1.82) is 0 Å². The lowest BCUT2D eigenvalue weighted by atomic mass is 9.98. The number of tetrazole rings is 1. The number of benzene rings is 2. The summed E-state index contributed by atoms with van der Waals surface area (Å²) in [5.41, 5.74) is 5.88. The van der Waals surface area contributed by atoms with Gasteiger partial charge in [0.25, 0.3) is 11.7 Å². The fourth-order valence-corrected chi connectivity index (χ4v) is 6.39. The van der Waals surface area contributed by atoms with E-state index in [1.807, 2.05) is 13.8 Å². The Morgan fingerprint density at radius 2 is 1.51 bits per heavy atom. The molecule has 0 aliphatic carbocycles. The lowest BCUT2D eigenvalue weighted by molar-refractivity contribution is -0.140. The first-order chi connectivity index (χ1) is 27.9. The average molecular weight is 820 g/mol. The first-order valence-electron chi connectivity index (χ1n) is 18.9. The summed E-state index contributed by atoms with van der Waals surface area (Å²) in [6.07, 6.45) is 0.825. The fraction of sp³-hybridized carbons (Fsp3) is 0.447. The highest BCUT2D eigenvalue weighted by Gasteiger charge is 2.39. The van der Waals surface area contributed by atoms with Crippen molar-refractivity contribution in [2.24, 2.45) is 17.6 Å². The van der Waals surface area contributed by atoms with Gasteiger partial charge in [-0.1, -0.05) is 58.0 Å². The Morgan fingerprint density at radius 3 is 2.08 bits per heavy atom. The molecule has 59 heavy (non-hydrogen) atoms. The van der Waals surface area contributed by atoms with E-state index < -0.39 is 83.5 Å². The number of aromatic nitrogens is 4. The minimum Gasteiger partial charge on any atom is -0.478 e. The van der Waals surface area contributed by atoms with E-state index >= 15 is 0 Å². The van der Waals surface area contributed by atoms with Gasteiger partial charge >= 0.3 is 11.9 Å². The van der Waals surface area contributed by atoms with Crippen LogP contribution < -0.4 is 32.3 Å². The second kappa shape index (κ2) is 20.6. The lowest BCUT2D eigenvalue weighted by Gasteiger charge is -2.31. The maximum absolute atomic E-state index is 14.3. The molecular formula is C38H49N11O10. The average Bonchev–Trinajstić information content (AvgIpc) is 3.92. The Labute approximate surface area is 338 Å². The smallest absolute Gasteiger partial charge is 0.335 e. The molecule has 0 radical (unpaired) electrons. The number of carboxylic acids is 2. The molecule has 0 bridgehead atoms. The van der Waals surface area contributed by atoms with Crippen LogP contribution in [0.15, 0.2) is 48.5 Å². The molecule has 1 saturated heterocycles. The molecule has 1 aromatic heterocycles. The number of aromatic carboxylic acids is 2. The summed E-state index contributed by atoms with van der Waals surface area (Å²) < 4.78 is 0. The monoisotopic (exact) mass is 819 g/mol. The van der Waals surface area contributed by atoms with Crippen molar-refractivity contribution in [2.75, 3.05) is 18.4 Å². The molecule has 21 heteroatoms. The number of hydrogen-bond acceptors (Lipinski definition) is 12. The summed E-state index contributed by atoms with van der Waals surface area (Å²) in [6, 6.07) is 6.17. The van der Waals surface area contributed by atoms with Crippen molar-refractivity contribution in [1.82, 2.24) is 46.8 Å². The summed E-state index contributed by atoms with van der Waals surface area (Å²) in [5.74, 6) is -7.80. The standard InChI is InChI=1S/C38H49N11O10/c1-19(2)13-26(42-34(53)29(20(3)4)44-31(50)25(39)18-40-35(54)30-45-47-48-46-30)32(51)43-27(14-21-9-6-5-7-10-21)36(55)49-12-8-11-28(49)33(52)41-24-16-22(37(56)57)15-23(17-24)38(58)59/h5-7,9-10,15-17,19-20,25-29H,8,11-14,18,39H2,1-4H3,(H,40,54)(H,41,52)(H,42,53)(H,43,51)(H,44,50)(H,56,57)(H,58,59)(H,45,46,47,48)/t25-,26-,27-,28-,29-/m0/s1. The zero-order valence-electron chi connectivity index (χ0n) is 32.9. The van der Waals surface area contributed by atoms with E-state index in [4.69, 9.17) is 5.73 Å². The molecule has 3 aromatic rings. The second-order valence-electron chi connectivity index (χ2n) is 14.8. The SMILES string of the molecule is CC(C)C[C@H](NC(=O)[C@@H](NC(=O)[C@@H](N)CNC(=O)c1nn[nH]n1)C(C)C)C(=O)N[C@@H](Cc1ccccc1)C(=O)N1CCC[C@H]1C(=O)Nc1cc(C(=O)O)cc(C(=O)O)c1. The number of rotatable bonds is 19. The Balaban J connectivity index is 1.50. The molecule has 2 heterocycles. The van der Waals surface area contributed by atoms with Gasteiger partial charge in [0.2, 0.25) is 29.5 Å². The number of anilines is 1. The van der Waals surface area contributed by atoms with E-state index in [0.717, 1.165) is 18.2 Å². The molecule has 316 valence electrons. The minimum atomic E-state index is -1.40. The van der Waals surface area contributed by atoms with Gasteiger partial charge in [-0.2, -0.15) is 5.21 Å². The summed E-state index contributed by atoms with van der Waals surface area (Å²) in [5, 5.41) is 44.5. The largest absolute Gasteiger partial charge is 0.478 e. The molecule has 21 nitrogen and oxygen atoms in total. The van der Waals surface area contributed by atoms with Crippen LogP contribution in [0.25, 0.3) is 0 Å². The van der Waals surface area contributed by atoms with E-state index in [-0.39, 0.29) is 60.9 Å². The van der Waals surface area contributed by atoms with Gasteiger partial charge in [0.1, 0.15) is 30.2 Å². The third-order valence-corrected chi connectivity index (χ3v) is 9.38. The van der Waals surface area contributed by atoms with Crippen LogP contribution in [-0.2, 0) is 30.4 Å². The van der Waals surface area contributed by atoms with Gasteiger partial charge in [-0.25, -0.2) is 9.59 Å². The molecule has 0 unspecified atom stereocenters. The topological polar surface area (TPSA) is 321 Å². The maximum Gasteiger partial charge on any atom is 0.335 e. The number of carbonyl (C=O) groups excluding carboxylic acids is 6. The van der Waals surface area contributed by atoms with Crippen LogP contribution in [0.3, 0.4) is 0 Å². The number of nitrogens with zero attached hydrogens (tertiary/aromatic N) is 4. The predicted molar refractivity (Wildman–Crippen MR) is 208 cm³/mol. The van der Waals surface area contributed by atoms with Crippen LogP contribution in [-0.4, -0.2) is 126 Å². The fourth-order valence-electron chi connectivity index (χ4n) is 6.39. The van der Waals surface area contributed by atoms with Gasteiger partial charge < -0.3 is 47.4 Å². The van der Waals surface area contributed by atoms with Gasteiger partial charge in [-0.3, -0.25) is 28.8 Å². The van der Waals surface area contributed by atoms with Gasteiger partial charge in [0, 0.05) is 25.2 Å². The van der Waals surface area contributed by atoms with E-state index in [1.54, 1.807) is 44.2 Å². The van der Waals surface area contributed by atoms with Crippen molar-refractivity contribution >= 4 is 53.1 Å². The number of nitrogens with one attached hydrogen (secondary N) is 6. The second-order valence-corrected chi connectivity index (χ2v) is 14.8. The van der Waals surface area contributed by atoms with Gasteiger partial charge in [-0.15, -0.1) is 10.2 Å². The van der Waals surface area contributed by atoms with Crippen LogP contribution in [0.1, 0.15) is 83.9 Å². The Bertz CT molecular complexity index is 1980. The predicted octanol–water partition coefficient (Wildman–Crippen LogP) is -0.318.